The lowest BCUT2D eigenvalue weighted by Crippen LogP contribution is -1.96. The van der Waals surface area contributed by atoms with E-state index in [-0.39, 0.29) is 0 Å². The minimum Gasteiger partial charge on any atom is -0.489 e. The highest BCUT2D eigenvalue weighted by Crippen LogP contribution is 2.24. The summed E-state index contributed by atoms with van der Waals surface area (Å²) in [6.07, 6.45) is 1.72. The van der Waals surface area contributed by atoms with Gasteiger partial charge >= 0.3 is 0 Å². The van der Waals surface area contributed by atoms with Crippen molar-refractivity contribution in [2.24, 2.45) is 0 Å². The molecule has 0 aliphatic heterocycles. The van der Waals surface area contributed by atoms with Crippen LogP contribution in [0.5, 0.6) is 5.75 Å². The minimum absolute atomic E-state index is 0.375. The molecule has 20 heavy (non-hydrogen) atoms. The van der Waals surface area contributed by atoms with Crippen molar-refractivity contribution in [2.75, 3.05) is 0 Å². The molecule has 2 aromatic rings. The van der Waals surface area contributed by atoms with Crippen LogP contribution in [-0.4, -0.2) is 6.29 Å². The average molecular weight is 329 g/mol. The summed E-state index contributed by atoms with van der Waals surface area (Å²) < 4.78 is 5.61. The summed E-state index contributed by atoms with van der Waals surface area (Å²) in [7, 11) is 0. The number of hydrogen-bond acceptors (Lipinski definition) is 2. The third kappa shape index (κ3) is 3.89. The molecule has 1 unspecified atom stereocenters. The number of ether oxygens (including phenoxy) is 1. The molecule has 1 atom stereocenters. The number of carbonyl (C=O) groups excluding carboxylic acids is 1. The van der Waals surface area contributed by atoms with Crippen molar-refractivity contribution in [1.82, 2.24) is 0 Å². The summed E-state index contributed by atoms with van der Waals surface area (Å²) in [5, 5.41) is 0.256. The SMILES string of the molecule is O=[C]C(Cl)c1ccc(OCc2ccc(Cl)c(Cl)c2)cc1. The molecule has 2 rings (SSSR count). The van der Waals surface area contributed by atoms with Gasteiger partial charge in [0.1, 0.15) is 17.7 Å². The molecule has 0 spiro atoms. The first-order valence-electron chi connectivity index (χ1n) is 5.78. The van der Waals surface area contributed by atoms with Crippen LogP contribution in [0.2, 0.25) is 10.0 Å². The standard InChI is InChI=1S/C15H10Cl3O2/c16-13-6-1-10(7-14(13)17)9-20-12-4-2-11(3-5-12)15(18)8-19/h1-7,15H,9H2. The summed E-state index contributed by atoms with van der Waals surface area (Å²) in [5.41, 5.74) is 1.60. The molecule has 0 bridgehead atoms. The van der Waals surface area contributed by atoms with Gasteiger partial charge in [-0.15, -0.1) is 11.6 Å². The Labute approximate surface area is 132 Å². The summed E-state index contributed by atoms with van der Waals surface area (Å²) in [4.78, 5) is 10.4. The Morgan fingerprint density at radius 1 is 1.05 bits per heavy atom. The summed E-state index contributed by atoms with van der Waals surface area (Å²) >= 11 is 17.5. The predicted molar refractivity (Wildman–Crippen MR) is 81.5 cm³/mol. The quantitative estimate of drug-likeness (QED) is 0.725. The molecular weight excluding hydrogens is 319 g/mol. The number of rotatable bonds is 5. The molecule has 5 heteroatoms. The maximum absolute atomic E-state index is 10.4. The molecule has 0 aliphatic carbocycles. The Hall–Kier alpha value is -1.22. The van der Waals surface area contributed by atoms with E-state index in [0.717, 1.165) is 5.56 Å². The highest BCUT2D eigenvalue weighted by atomic mass is 35.5. The van der Waals surface area contributed by atoms with E-state index in [2.05, 4.69) is 0 Å². The van der Waals surface area contributed by atoms with E-state index in [0.29, 0.717) is 28.0 Å². The van der Waals surface area contributed by atoms with Gasteiger partial charge < -0.3 is 4.74 Å². The van der Waals surface area contributed by atoms with E-state index < -0.39 is 5.38 Å². The maximum atomic E-state index is 10.4. The van der Waals surface area contributed by atoms with Gasteiger partial charge in [-0.05, 0) is 35.4 Å². The maximum Gasteiger partial charge on any atom is 0.222 e. The Kier molecular flexibility index (Phi) is 5.30. The molecule has 103 valence electrons. The van der Waals surface area contributed by atoms with Crippen LogP contribution in [0.3, 0.4) is 0 Å². The summed E-state index contributed by atoms with van der Waals surface area (Å²) in [6, 6.07) is 12.3. The fourth-order valence-electron chi connectivity index (χ4n) is 1.60. The van der Waals surface area contributed by atoms with Crippen molar-refractivity contribution >= 4 is 41.1 Å². The van der Waals surface area contributed by atoms with Crippen LogP contribution in [0, 0.1) is 0 Å². The largest absolute Gasteiger partial charge is 0.489 e. The molecule has 2 nitrogen and oxygen atoms in total. The molecule has 2 aromatic carbocycles. The van der Waals surface area contributed by atoms with E-state index in [1.165, 1.54) is 0 Å². The van der Waals surface area contributed by atoms with E-state index in [9.17, 15) is 4.79 Å². The molecule has 0 aliphatic rings. The summed E-state index contributed by atoms with van der Waals surface area (Å²) in [6.45, 7) is 0.375. The smallest absolute Gasteiger partial charge is 0.222 e. The van der Waals surface area contributed by atoms with E-state index in [1.54, 1.807) is 42.7 Å². The molecule has 0 heterocycles. The van der Waals surface area contributed by atoms with Crippen LogP contribution in [-0.2, 0) is 11.4 Å². The first kappa shape index (κ1) is 15.2. The van der Waals surface area contributed by atoms with E-state index >= 15 is 0 Å². The lowest BCUT2D eigenvalue weighted by atomic mass is 10.1. The first-order valence-corrected chi connectivity index (χ1v) is 6.98. The number of hydrogen-bond donors (Lipinski definition) is 0. The van der Waals surface area contributed by atoms with Crippen molar-refractivity contribution in [3.8, 4) is 5.75 Å². The Balaban J connectivity index is 2.00. The third-order valence-corrected chi connectivity index (χ3v) is 3.75. The van der Waals surface area contributed by atoms with E-state index in [1.807, 2.05) is 6.07 Å². The van der Waals surface area contributed by atoms with Gasteiger partial charge in [0.25, 0.3) is 0 Å². The first-order chi connectivity index (χ1) is 9.60. The molecule has 0 aromatic heterocycles. The fraction of sp³-hybridized carbons (Fsp3) is 0.133. The summed E-state index contributed by atoms with van der Waals surface area (Å²) in [5.74, 6) is 0.676. The van der Waals surface area contributed by atoms with Crippen LogP contribution in [0.4, 0.5) is 0 Å². The zero-order valence-electron chi connectivity index (χ0n) is 10.3. The van der Waals surface area contributed by atoms with Crippen LogP contribution >= 0.6 is 34.8 Å². The van der Waals surface area contributed by atoms with Crippen molar-refractivity contribution < 1.29 is 9.53 Å². The third-order valence-electron chi connectivity index (χ3n) is 2.67. The second-order valence-electron chi connectivity index (χ2n) is 4.09. The Morgan fingerprint density at radius 3 is 2.35 bits per heavy atom. The van der Waals surface area contributed by atoms with Crippen LogP contribution < -0.4 is 4.74 Å². The van der Waals surface area contributed by atoms with Crippen LogP contribution in [0.1, 0.15) is 16.5 Å². The van der Waals surface area contributed by atoms with E-state index in [4.69, 9.17) is 39.5 Å². The van der Waals surface area contributed by atoms with Gasteiger partial charge in [-0.2, -0.15) is 0 Å². The fourth-order valence-corrected chi connectivity index (χ4v) is 2.06. The zero-order valence-corrected chi connectivity index (χ0v) is 12.5. The molecule has 0 N–H and O–H groups in total. The van der Waals surface area contributed by atoms with Gasteiger partial charge in [0.05, 0.1) is 10.0 Å². The zero-order chi connectivity index (χ0) is 14.5. The molecule has 1 radical (unpaired) electrons. The highest BCUT2D eigenvalue weighted by Gasteiger charge is 2.07. The minimum atomic E-state index is -0.751. The van der Waals surface area contributed by atoms with Gasteiger partial charge in [0.15, 0.2) is 0 Å². The van der Waals surface area contributed by atoms with Gasteiger partial charge in [0, 0.05) is 0 Å². The predicted octanol–water partition coefficient (Wildman–Crippen LogP) is 4.96. The molecule has 0 saturated heterocycles. The topological polar surface area (TPSA) is 26.3 Å². The Morgan fingerprint density at radius 2 is 1.75 bits per heavy atom. The van der Waals surface area contributed by atoms with Crippen molar-refractivity contribution in [2.45, 2.75) is 12.0 Å². The molecular formula is C15H10Cl3O2. The molecule has 0 amide bonds. The molecule has 0 saturated carbocycles. The second kappa shape index (κ2) is 6.98. The van der Waals surface area contributed by atoms with Crippen molar-refractivity contribution in [1.29, 1.82) is 0 Å². The second-order valence-corrected chi connectivity index (χ2v) is 5.34. The van der Waals surface area contributed by atoms with Crippen LogP contribution in [0.15, 0.2) is 42.5 Å². The van der Waals surface area contributed by atoms with Crippen LogP contribution in [0.25, 0.3) is 0 Å². The van der Waals surface area contributed by atoms with Gasteiger partial charge in [-0.3, -0.25) is 4.79 Å². The molecule has 0 fully saturated rings. The lowest BCUT2D eigenvalue weighted by molar-refractivity contribution is 0.306. The normalized spacial score (nSPS) is 11.9. The number of benzene rings is 2. The van der Waals surface area contributed by atoms with Gasteiger partial charge in [-0.1, -0.05) is 41.4 Å². The van der Waals surface area contributed by atoms with Crippen molar-refractivity contribution in [3.05, 3.63) is 63.6 Å². The monoisotopic (exact) mass is 327 g/mol. The number of alkyl halides is 1. The average Bonchev–Trinajstić information content (AvgIpc) is 2.48. The highest BCUT2D eigenvalue weighted by molar-refractivity contribution is 6.42. The number of halogens is 3. The van der Waals surface area contributed by atoms with Crippen molar-refractivity contribution in [3.63, 3.8) is 0 Å². The Bertz CT molecular complexity index is 597. The van der Waals surface area contributed by atoms with Gasteiger partial charge in [-0.25, -0.2) is 0 Å². The van der Waals surface area contributed by atoms with Gasteiger partial charge in [0.2, 0.25) is 6.29 Å². The lowest BCUT2D eigenvalue weighted by Gasteiger charge is -2.08.